The van der Waals surface area contributed by atoms with E-state index < -0.39 is 0 Å². The molecule has 3 atom stereocenters. The Morgan fingerprint density at radius 2 is 1.63 bits per heavy atom. The molecule has 1 aromatic carbocycles. The number of nitrogens with one attached hydrogen (secondary N) is 1. The summed E-state index contributed by atoms with van der Waals surface area (Å²) in [6.07, 6.45) is 0. The first-order chi connectivity index (χ1) is 8.43. The molecule has 1 aromatic rings. The normalized spacial score (nSPS) is 15.3. The number of carbonyl (C=O) groups excluding carboxylic acids is 1. The van der Waals surface area contributed by atoms with Crippen molar-refractivity contribution < 1.29 is 4.79 Å². The summed E-state index contributed by atoms with van der Waals surface area (Å²) in [4.78, 5) is 12.1. The Hall–Kier alpha value is -1.06. The lowest BCUT2D eigenvalue weighted by Gasteiger charge is -2.24. The van der Waals surface area contributed by atoms with E-state index >= 15 is 0 Å². The van der Waals surface area contributed by atoms with E-state index in [-0.39, 0.29) is 36.3 Å². The topological polar surface area (TPSA) is 55.1 Å². The van der Waals surface area contributed by atoms with Crippen molar-refractivity contribution in [2.75, 3.05) is 0 Å². The van der Waals surface area contributed by atoms with Crippen molar-refractivity contribution in [2.24, 2.45) is 17.6 Å². The lowest BCUT2D eigenvalue weighted by molar-refractivity contribution is -0.126. The number of benzene rings is 1. The fraction of sp³-hybridized carbons (Fsp3) is 0.533. The van der Waals surface area contributed by atoms with Gasteiger partial charge in [-0.1, -0.05) is 51.1 Å². The molecule has 1 rings (SSSR count). The molecule has 108 valence electrons. The highest BCUT2D eigenvalue weighted by Crippen LogP contribution is 2.19. The minimum absolute atomic E-state index is 0. The van der Waals surface area contributed by atoms with Gasteiger partial charge in [0.1, 0.15) is 0 Å². The second-order valence-corrected chi connectivity index (χ2v) is 5.27. The van der Waals surface area contributed by atoms with Gasteiger partial charge in [-0.05, 0) is 18.4 Å². The number of rotatable bonds is 5. The van der Waals surface area contributed by atoms with E-state index in [9.17, 15) is 4.79 Å². The van der Waals surface area contributed by atoms with Crippen LogP contribution in [0.4, 0.5) is 0 Å². The van der Waals surface area contributed by atoms with Gasteiger partial charge >= 0.3 is 0 Å². The number of hydrogen-bond donors (Lipinski definition) is 2. The van der Waals surface area contributed by atoms with Crippen LogP contribution in [0.15, 0.2) is 30.3 Å². The van der Waals surface area contributed by atoms with Gasteiger partial charge in [-0.3, -0.25) is 4.79 Å². The van der Waals surface area contributed by atoms with E-state index in [4.69, 9.17) is 5.73 Å². The molecule has 0 saturated carbocycles. The summed E-state index contributed by atoms with van der Waals surface area (Å²) in [6.45, 7) is 8.07. The molecule has 4 heteroatoms. The molecule has 0 radical (unpaired) electrons. The van der Waals surface area contributed by atoms with Gasteiger partial charge in [-0.25, -0.2) is 0 Å². The van der Waals surface area contributed by atoms with E-state index in [1.54, 1.807) is 0 Å². The molecule has 1 amide bonds. The third-order valence-corrected chi connectivity index (χ3v) is 3.51. The summed E-state index contributed by atoms with van der Waals surface area (Å²) in [7, 11) is 0. The van der Waals surface area contributed by atoms with Crippen molar-refractivity contribution in [1.29, 1.82) is 0 Å². The number of hydrogen-bond acceptors (Lipinski definition) is 2. The zero-order chi connectivity index (χ0) is 13.7. The van der Waals surface area contributed by atoms with Crippen LogP contribution in [0.5, 0.6) is 0 Å². The van der Waals surface area contributed by atoms with Crippen molar-refractivity contribution in [3.8, 4) is 0 Å². The van der Waals surface area contributed by atoms with Crippen molar-refractivity contribution in [1.82, 2.24) is 5.32 Å². The minimum atomic E-state index is -0.259. The Morgan fingerprint density at radius 1 is 1.11 bits per heavy atom. The first-order valence-electron chi connectivity index (χ1n) is 6.54. The van der Waals surface area contributed by atoms with Gasteiger partial charge in [-0.15, -0.1) is 12.4 Å². The maximum absolute atomic E-state index is 12.1. The van der Waals surface area contributed by atoms with Crippen LogP contribution in [0.2, 0.25) is 0 Å². The molecular weight excluding hydrogens is 260 g/mol. The molecule has 19 heavy (non-hydrogen) atoms. The lowest BCUT2D eigenvalue weighted by atomic mass is 9.94. The van der Waals surface area contributed by atoms with E-state index in [0.29, 0.717) is 5.92 Å². The predicted molar refractivity (Wildman–Crippen MR) is 82.2 cm³/mol. The van der Waals surface area contributed by atoms with Crippen LogP contribution in [0.25, 0.3) is 0 Å². The fourth-order valence-electron chi connectivity index (χ4n) is 1.65. The van der Waals surface area contributed by atoms with E-state index in [1.165, 1.54) is 0 Å². The van der Waals surface area contributed by atoms with Crippen LogP contribution < -0.4 is 11.1 Å². The van der Waals surface area contributed by atoms with Gasteiger partial charge in [0.05, 0.1) is 5.92 Å². The molecule has 0 heterocycles. The highest BCUT2D eigenvalue weighted by atomic mass is 35.5. The molecule has 3 unspecified atom stereocenters. The van der Waals surface area contributed by atoms with Crippen LogP contribution in [-0.2, 0) is 4.79 Å². The molecule has 3 N–H and O–H groups in total. The van der Waals surface area contributed by atoms with E-state index in [2.05, 4.69) is 19.2 Å². The summed E-state index contributed by atoms with van der Waals surface area (Å²) < 4.78 is 0. The molecule has 0 fully saturated rings. The number of halogens is 1. The Morgan fingerprint density at radius 3 is 2.11 bits per heavy atom. The number of amides is 1. The first-order valence-corrected chi connectivity index (χ1v) is 6.54. The average molecular weight is 285 g/mol. The van der Waals surface area contributed by atoms with Gasteiger partial charge in [-0.2, -0.15) is 0 Å². The third-order valence-electron chi connectivity index (χ3n) is 3.51. The predicted octanol–water partition coefficient (Wildman–Crippen LogP) is 2.91. The summed E-state index contributed by atoms with van der Waals surface area (Å²) in [5, 5.41) is 3.01. The van der Waals surface area contributed by atoms with Crippen molar-refractivity contribution in [3.05, 3.63) is 35.9 Å². The second-order valence-electron chi connectivity index (χ2n) is 5.27. The summed E-state index contributed by atoms with van der Waals surface area (Å²) in [5.41, 5.74) is 7.13. The van der Waals surface area contributed by atoms with Gasteiger partial charge in [0.2, 0.25) is 5.91 Å². The highest BCUT2D eigenvalue weighted by molar-refractivity contribution is 5.85. The first kappa shape index (κ1) is 17.9. The van der Waals surface area contributed by atoms with E-state index in [0.717, 1.165) is 5.56 Å². The third kappa shape index (κ3) is 5.21. The van der Waals surface area contributed by atoms with Gasteiger partial charge in [0.25, 0.3) is 0 Å². The largest absolute Gasteiger partial charge is 0.353 e. The monoisotopic (exact) mass is 284 g/mol. The molecule has 0 aromatic heterocycles. The van der Waals surface area contributed by atoms with Gasteiger partial charge < -0.3 is 11.1 Å². The van der Waals surface area contributed by atoms with Crippen LogP contribution in [0.1, 0.15) is 39.3 Å². The standard InChI is InChI=1S/C15H24N2O.ClH/c1-10(2)12(4)17-15(18)11(3)14(16)13-8-6-5-7-9-13;/h5-12,14H,16H2,1-4H3,(H,17,18);1H. The molecule has 3 nitrogen and oxygen atoms in total. The smallest absolute Gasteiger partial charge is 0.224 e. The van der Waals surface area contributed by atoms with Crippen molar-refractivity contribution >= 4 is 18.3 Å². The van der Waals surface area contributed by atoms with Crippen LogP contribution in [0.3, 0.4) is 0 Å². The second kappa shape index (κ2) is 8.18. The fourth-order valence-corrected chi connectivity index (χ4v) is 1.65. The zero-order valence-corrected chi connectivity index (χ0v) is 12.9. The molecule has 0 aliphatic heterocycles. The Kier molecular flexibility index (Phi) is 7.72. The quantitative estimate of drug-likeness (QED) is 0.873. The Labute approximate surface area is 122 Å². The average Bonchev–Trinajstić information content (AvgIpc) is 2.37. The zero-order valence-electron chi connectivity index (χ0n) is 12.1. The Balaban J connectivity index is 0.00000324. The maximum Gasteiger partial charge on any atom is 0.224 e. The van der Waals surface area contributed by atoms with Crippen molar-refractivity contribution in [3.63, 3.8) is 0 Å². The summed E-state index contributed by atoms with van der Waals surface area (Å²) >= 11 is 0. The molecule has 0 saturated heterocycles. The molecule has 0 spiro atoms. The molecular formula is C15H25ClN2O. The molecule has 0 aliphatic rings. The summed E-state index contributed by atoms with van der Waals surface area (Å²) in [6, 6.07) is 9.66. The maximum atomic E-state index is 12.1. The van der Waals surface area contributed by atoms with Crippen LogP contribution in [-0.4, -0.2) is 11.9 Å². The lowest BCUT2D eigenvalue weighted by Crippen LogP contribution is -2.42. The minimum Gasteiger partial charge on any atom is -0.353 e. The van der Waals surface area contributed by atoms with Crippen LogP contribution in [0, 0.1) is 11.8 Å². The van der Waals surface area contributed by atoms with Crippen molar-refractivity contribution in [2.45, 2.75) is 39.8 Å². The number of nitrogens with two attached hydrogens (primary N) is 1. The molecule has 0 aliphatic carbocycles. The Bertz CT molecular complexity index is 381. The molecule has 0 bridgehead atoms. The summed E-state index contributed by atoms with van der Waals surface area (Å²) in [5.74, 6) is 0.218. The van der Waals surface area contributed by atoms with E-state index in [1.807, 2.05) is 44.2 Å². The SMILES string of the molecule is CC(C)C(C)NC(=O)C(C)C(N)c1ccccc1.Cl. The number of carbonyl (C=O) groups is 1. The van der Waals surface area contributed by atoms with Gasteiger partial charge in [0.15, 0.2) is 0 Å². The van der Waals surface area contributed by atoms with Crippen LogP contribution >= 0.6 is 12.4 Å². The van der Waals surface area contributed by atoms with Gasteiger partial charge in [0, 0.05) is 12.1 Å². The highest BCUT2D eigenvalue weighted by Gasteiger charge is 2.23.